The molecule has 0 unspecified atom stereocenters. The van der Waals surface area contributed by atoms with Gasteiger partial charge in [-0.25, -0.2) is 4.98 Å². The first-order valence-corrected chi connectivity index (χ1v) is 10.3. The van der Waals surface area contributed by atoms with Crippen LogP contribution in [0.3, 0.4) is 0 Å². The quantitative estimate of drug-likeness (QED) is 0.366. The van der Waals surface area contributed by atoms with Crippen LogP contribution in [0.1, 0.15) is 5.56 Å². The molecular formula is C22H14Cl2N3S. The second kappa shape index (κ2) is 7.13. The first kappa shape index (κ1) is 17.6. The Morgan fingerprint density at radius 2 is 2.00 bits per heavy atom. The van der Waals surface area contributed by atoms with Crippen molar-refractivity contribution in [3.05, 3.63) is 87.8 Å². The number of fused-ring (bicyclic) bond motifs is 2. The summed E-state index contributed by atoms with van der Waals surface area (Å²) < 4.78 is 0.760. The second-order valence-electron chi connectivity index (χ2n) is 6.38. The van der Waals surface area contributed by atoms with Crippen molar-refractivity contribution in [2.24, 2.45) is 0 Å². The van der Waals surface area contributed by atoms with Crippen LogP contribution in [0.25, 0.3) is 10.4 Å². The molecule has 0 aliphatic carbocycles. The minimum Gasteiger partial charge on any atom is -0.379 e. The largest absolute Gasteiger partial charge is 0.379 e. The molecule has 2 aromatic heterocycles. The molecule has 3 heterocycles. The number of rotatable bonds is 2. The molecule has 0 amide bonds. The van der Waals surface area contributed by atoms with E-state index in [0.717, 1.165) is 43.2 Å². The van der Waals surface area contributed by atoms with Gasteiger partial charge in [-0.3, -0.25) is 4.90 Å². The Morgan fingerprint density at radius 1 is 1.07 bits per heavy atom. The van der Waals surface area contributed by atoms with Gasteiger partial charge in [0, 0.05) is 29.2 Å². The third-order valence-electron chi connectivity index (χ3n) is 4.65. The van der Waals surface area contributed by atoms with Gasteiger partial charge in [-0.15, -0.1) is 11.3 Å². The van der Waals surface area contributed by atoms with Gasteiger partial charge >= 0.3 is 0 Å². The molecule has 1 radical (unpaired) electrons. The number of benzene rings is 2. The van der Waals surface area contributed by atoms with Gasteiger partial charge < -0.3 is 5.32 Å². The molecule has 2 aromatic carbocycles. The number of halogens is 2. The summed E-state index contributed by atoms with van der Waals surface area (Å²) in [6, 6.07) is 23.3. The highest BCUT2D eigenvalue weighted by Gasteiger charge is 2.24. The second-order valence-corrected chi connectivity index (χ2v) is 8.50. The van der Waals surface area contributed by atoms with E-state index >= 15 is 0 Å². The van der Waals surface area contributed by atoms with Gasteiger partial charge in [0.2, 0.25) is 0 Å². The van der Waals surface area contributed by atoms with Crippen molar-refractivity contribution in [2.75, 3.05) is 10.2 Å². The van der Waals surface area contributed by atoms with Crippen molar-refractivity contribution in [1.29, 1.82) is 0 Å². The summed E-state index contributed by atoms with van der Waals surface area (Å²) >= 11 is 14.4. The summed E-state index contributed by atoms with van der Waals surface area (Å²) in [6.45, 7) is 0.688. The van der Waals surface area contributed by atoms with Gasteiger partial charge in [-0.05, 0) is 42.0 Å². The first-order valence-electron chi connectivity index (χ1n) is 8.74. The molecule has 0 bridgehead atoms. The van der Waals surface area contributed by atoms with Crippen LogP contribution in [0.15, 0.2) is 66.9 Å². The highest BCUT2D eigenvalue weighted by Crippen LogP contribution is 2.45. The first-order chi connectivity index (χ1) is 13.7. The fourth-order valence-corrected chi connectivity index (χ4v) is 4.67. The number of nitrogens with zero attached hydrogens (tertiary/aromatic N) is 2. The van der Waals surface area contributed by atoms with Gasteiger partial charge in [-0.2, -0.15) is 0 Å². The Labute approximate surface area is 177 Å². The van der Waals surface area contributed by atoms with Crippen LogP contribution in [0, 0.1) is 6.07 Å². The molecule has 0 spiro atoms. The number of hydrogen-bond acceptors (Lipinski definition) is 4. The van der Waals surface area contributed by atoms with E-state index in [1.807, 2.05) is 48.5 Å². The fraction of sp³-hybridized carbons (Fsp3) is 0.0455. The van der Waals surface area contributed by atoms with Crippen LogP contribution in [0.4, 0.5) is 22.9 Å². The molecule has 28 heavy (non-hydrogen) atoms. The lowest BCUT2D eigenvalue weighted by molar-refractivity contribution is 1.11. The van der Waals surface area contributed by atoms with Crippen LogP contribution in [0.2, 0.25) is 9.36 Å². The molecule has 4 aromatic rings. The zero-order valence-electron chi connectivity index (χ0n) is 14.6. The van der Waals surface area contributed by atoms with Crippen LogP contribution in [-0.2, 0) is 6.54 Å². The number of hydrogen-bond donors (Lipinski definition) is 1. The Morgan fingerprint density at radius 3 is 2.82 bits per heavy atom. The Kier molecular flexibility index (Phi) is 4.47. The van der Waals surface area contributed by atoms with Crippen molar-refractivity contribution in [2.45, 2.75) is 6.54 Å². The highest BCUT2D eigenvalue weighted by atomic mass is 35.5. The number of nitrogens with one attached hydrogen (secondary N) is 1. The predicted molar refractivity (Wildman–Crippen MR) is 118 cm³/mol. The molecular weight excluding hydrogens is 409 g/mol. The van der Waals surface area contributed by atoms with E-state index in [9.17, 15) is 0 Å². The van der Waals surface area contributed by atoms with Crippen molar-refractivity contribution >= 4 is 57.4 Å². The van der Waals surface area contributed by atoms with Crippen LogP contribution in [-0.4, -0.2) is 4.98 Å². The number of para-hydroxylation sites is 1. The number of anilines is 4. The summed E-state index contributed by atoms with van der Waals surface area (Å²) in [5.74, 6) is 0.852. The molecule has 6 heteroatoms. The summed E-state index contributed by atoms with van der Waals surface area (Å²) in [5.41, 5.74) is 4.88. The van der Waals surface area contributed by atoms with Gasteiger partial charge in [0.05, 0.1) is 26.4 Å². The zero-order chi connectivity index (χ0) is 19.1. The molecule has 0 fully saturated rings. The summed E-state index contributed by atoms with van der Waals surface area (Å²) in [5, 5.41) is 4.11. The monoisotopic (exact) mass is 422 g/mol. The maximum Gasteiger partial charge on any atom is 0.142 e. The topological polar surface area (TPSA) is 28.2 Å². The van der Waals surface area contributed by atoms with Crippen LogP contribution >= 0.6 is 34.5 Å². The minimum atomic E-state index is 0.642. The van der Waals surface area contributed by atoms with Gasteiger partial charge in [0.1, 0.15) is 5.82 Å². The Balaban J connectivity index is 1.68. The number of pyridine rings is 1. The molecule has 5 rings (SSSR count). The van der Waals surface area contributed by atoms with Gasteiger partial charge in [0.25, 0.3) is 0 Å². The van der Waals surface area contributed by atoms with E-state index in [2.05, 4.69) is 33.4 Å². The maximum atomic E-state index is 6.77. The third kappa shape index (κ3) is 3.04. The van der Waals surface area contributed by atoms with Crippen molar-refractivity contribution in [3.8, 4) is 10.4 Å². The normalized spacial score (nSPS) is 12.7. The Hall–Kier alpha value is -2.53. The van der Waals surface area contributed by atoms with Crippen LogP contribution < -0.4 is 10.2 Å². The van der Waals surface area contributed by atoms with Crippen molar-refractivity contribution in [1.82, 2.24) is 4.98 Å². The smallest absolute Gasteiger partial charge is 0.142 e. The third-order valence-corrected chi connectivity index (χ3v) is 6.24. The van der Waals surface area contributed by atoms with Crippen molar-refractivity contribution < 1.29 is 0 Å². The lowest BCUT2D eigenvalue weighted by Gasteiger charge is -2.26. The predicted octanol–water partition coefficient (Wildman–Crippen LogP) is 7.31. The van der Waals surface area contributed by atoms with E-state index in [4.69, 9.17) is 23.2 Å². The molecule has 1 aliphatic rings. The summed E-state index contributed by atoms with van der Waals surface area (Å²) in [4.78, 5) is 7.81. The SMILES string of the molecule is Clc1ccc(-c2ccc(N3c4[c]cccc4NCc4cccnc43)c(Cl)c2)s1. The lowest BCUT2D eigenvalue weighted by atomic mass is 10.1. The molecule has 1 aliphatic heterocycles. The standard InChI is InChI=1S/C22H14Cl2N3S/c23-16-12-14(20-9-10-21(24)28-20)7-8-18(16)27-19-6-2-1-5-17(19)26-13-15-4-3-11-25-22(15)27/h1-5,7-12,26H,13H2. The minimum absolute atomic E-state index is 0.642. The van der Waals surface area contributed by atoms with E-state index < -0.39 is 0 Å². The molecule has 3 nitrogen and oxygen atoms in total. The molecule has 0 atom stereocenters. The molecule has 0 saturated carbocycles. The fourth-order valence-electron chi connectivity index (χ4n) is 3.37. The average Bonchev–Trinajstić information content (AvgIpc) is 3.08. The van der Waals surface area contributed by atoms with E-state index in [0.29, 0.717) is 11.6 Å². The lowest BCUT2D eigenvalue weighted by Crippen LogP contribution is -2.13. The van der Waals surface area contributed by atoms with Gasteiger partial charge in [0.15, 0.2) is 0 Å². The molecule has 137 valence electrons. The van der Waals surface area contributed by atoms with E-state index in [-0.39, 0.29) is 0 Å². The molecule has 1 N–H and O–H groups in total. The van der Waals surface area contributed by atoms with E-state index in [1.165, 1.54) is 11.3 Å². The average molecular weight is 423 g/mol. The number of thiophene rings is 1. The van der Waals surface area contributed by atoms with Crippen LogP contribution in [0.5, 0.6) is 0 Å². The highest BCUT2D eigenvalue weighted by molar-refractivity contribution is 7.19. The van der Waals surface area contributed by atoms with E-state index in [1.54, 1.807) is 6.20 Å². The van der Waals surface area contributed by atoms with Gasteiger partial charge in [-0.1, -0.05) is 47.5 Å². The summed E-state index contributed by atoms with van der Waals surface area (Å²) in [7, 11) is 0. The van der Waals surface area contributed by atoms with Crippen molar-refractivity contribution in [3.63, 3.8) is 0 Å². The maximum absolute atomic E-state index is 6.77. The Bertz CT molecular complexity index is 1120. The molecule has 0 saturated heterocycles. The number of aromatic nitrogens is 1. The zero-order valence-corrected chi connectivity index (χ0v) is 16.9. The summed E-state index contributed by atoms with van der Waals surface area (Å²) in [6.07, 6.45) is 1.80.